The molecular weight excluding hydrogens is 447 g/mol. The summed E-state index contributed by atoms with van der Waals surface area (Å²) < 4.78 is 22.3. The Morgan fingerprint density at radius 2 is 1.77 bits per heavy atom. The zero-order valence-corrected chi connectivity index (χ0v) is 20.5. The van der Waals surface area contributed by atoms with Gasteiger partial charge >= 0.3 is 6.03 Å². The second-order valence-electron chi connectivity index (χ2n) is 9.53. The van der Waals surface area contributed by atoms with Gasteiger partial charge in [-0.3, -0.25) is 4.79 Å². The first-order valence-corrected chi connectivity index (χ1v) is 11.6. The average molecular weight is 479 g/mol. The van der Waals surface area contributed by atoms with Gasteiger partial charge in [-0.25, -0.2) is 9.18 Å². The van der Waals surface area contributed by atoms with Crippen molar-refractivity contribution in [2.45, 2.75) is 38.9 Å². The molecule has 0 radical (unpaired) electrons. The number of nitrogens with one attached hydrogen (secondary N) is 1. The summed E-state index contributed by atoms with van der Waals surface area (Å²) in [6.07, 6.45) is 1.94. The van der Waals surface area contributed by atoms with Crippen LogP contribution in [-0.4, -0.2) is 52.0 Å². The highest BCUT2D eigenvalue weighted by molar-refractivity contribution is 5.94. The van der Waals surface area contributed by atoms with E-state index in [1.165, 1.54) is 18.1 Å². The first-order valence-electron chi connectivity index (χ1n) is 11.6. The summed E-state index contributed by atoms with van der Waals surface area (Å²) in [5.74, 6) is -0.0974. The van der Waals surface area contributed by atoms with Crippen LogP contribution in [0.5, 0.6) is 5.75 Å². The van der Waals surface area contributed by atoms with Crippen molar-refractivity contribution in [1.29, 1.82) is 0 Å². The summed E-state index contributed by atoms with van der Waals surface area (Å²) in [5, 5.41) is 2.87. The molecule has 3 amide bonds. The van der Waals surface area contributed by atoms with E-state index in [2.05, 4.69) is 5.32 Å². The Morgan fingerprint density at radius 1 is 1.06 bits per heavy atom. The lowest BCUT2D eigenvalue weighted by Crippen LogP contribution is -2.54. The lowest BCUT2D eigenvalue weighted by atomic mass is 9.99. The number of methoxy groups -OCH3 is 1. The Balaban J connectivity index is 1.62. The van der Waals surface area contributed by atoms with Crippen LogP contribution in [-0.2, 0) is 11.3 Å². The highest BCUT2D eigenvalue weighted by Gasteiger charge is 2.37. The maximum absolute atomic E-state index is 14.9. The Bertz CT molecular complexity index is 1220. The highest BCUT2D eigenvalue weighted by Crippen LogP contribution is 2.34. The Morgan fingerprint density at radius 3 is 2.49 bits per heavy atom. The number of urea groups is 1. The van der Waals surface area contributed by atoms with E-state index in [0.717, 1.165) is 5.69 Å². The first kappa shape index (κ1) is 24.3. The van der Waals surface area contributed by atoms with Crippen LogP contribution >= 0.6 is 0 Å². The summed E-state index contributed by atoms with van der Waals surface area (Å²) >= 11 is 0. The van der Waals surface area contributed by atoms with Crippen LogP contribution < -0.4 is 10.1 Å². The standard InChI is InChI=1S/C27H31FN4O3/c1-27(2,3)32(26(34)29-21-12-7-8-14-23(21)35-4)18-24(33)31-17-16-30-15-9-13-22(30)25(31)19-10-5-6-11-20(19)28/h5-15,25H,16-18H2,1-4H3,(H,29,34). The predicted molar refractivity (Wildman–Crippen MR) is 133 cm³/mol. The van der Waals surface area contributed by atoms with Gasteiger partial charge in [0.1, 0.15) is 24.2 Å². The molecule has 1 atom stereocenters. The number of benzene rings is 2. The molecular formula is C27H31FN4O3. The van der Waals surface area contributed by atoms with Gasteiger partial charge in [0, 0.05) is 36.1 Å². The summed E-state index contributed by atoms with van der Waals surface area (Å²) in [4.78, 5) is 30.2. The number of nitrogens with zero attached hydrogens (tertiary/aromatic N) is 3. The molecule has 0 fully saturated rings. The molecule has 2 aromatic carbocycles. The fourth-order valence-corrected chi connectivity index (χ4v) is 4.45. The number of para-hydroxylation sites is 2. The van der Waals surface area contributed by atoms with Crippen LogP contribution in [0.15, 0.2) is 66.9 Å². The maximum atomic E-state index is 14.9. The molecule has 0 aliphatic carbocycles. The summed E-state index contributed by atoms with van der Waals surface area (Å²) in [6.45, 7) is 6.47. The molecule has 1 N–H and O–H groups in total. The molecule has 0 saturated heterocycles. The van der Waals surface area contributed by atoms with Gasteiger partial charge in [0.15, 0.2) is 0 Å². The largest absolute Gasteiger partial charge is 0.495 e. The molecule has 1 aliphatic heterocycles. The third-order valence-electron chi connectivity index (χ3n) is 6.26. The van der Waals surface area contributed by atoms with Gasteiger partial charge in [0.25, 0.3) is 0 Å². The molecule has 184 valence electrons. The van der Waals surface area contributed by atoms with Gasteiger partial charge in [-0.2, -0.15) is 0 Å². The number of carbonyl (C=O) groups is 2. The monoisotopic (exact) mass is 478 g/mol. The van der Waals surface area contributed by atoms with Gasteiger partial charge < -0.3 is 24.4 Å². The van der Waals surface area contributed by atoms with Crippen LogP contribution in [0.4, 0.5) is 14.9 Å². The van der Waals surface area contributed by atoms with Crippen molar-refractivity contribution < 1.29 is 18.7 Å². The normalized spacial score (nSPS) is 15.3. The minimum atomic E-state index is -0.648. The van der Waals surface area contributed by atoms with E-state index in [1.54, 1.807) is 41.3 Å². The Labute approximate surface area is 205 Å². The Kier molecular flexibility index (Phi) is 6.82. The van der Waals surface area contributed by atoms with E-state index in [-0.39, 0.29) is 18.3 Å². The SMILES string of the molecule is COc1ccccc1NC(=O)N(CC(=O)N1CCn2cccc2C1c1ccccc1F)C(C)(C)C. The van der Waals surface area contributed by atoms with Crippen LogP contribution in [0.3, 0.4) is 0 Å². The topological polar surface area (TPSA) is 66.8 Å². The number of carbonyl (C=O) groups excluding carboxylic acids is 2. The zero-order chi connectivity index (χ0) is 25.2. The molecule has 1 aromatic heterocycles. The summed E-state index contributed by atoms with van der Waals surface area (Å²) in [7, 11) is 1.53. The minimum absolute atomic E-state index is 0.157. The highest BCUT2D eigenvalue weighted by atomic mass is 19.1. The van der Waals surface area contributed by atoms with Gasteiger partial charge in [0.2, 0.25) is 5.91 Å². The second kappa shape index (κ2) is 9.82. The third-order valence-corrected chi connectivity index (χ3v) is 6.26. The molecule has 0 saturated carbocycles. The Hall–Kier alpha value is -3.81. The number of aromatic nitrogens is 1. The number of halogens is 1. The van der Waals surface area contributed by atoms with E-state index < -0.39 is 17.6 Å². The smallest absolute Gasteiger partial charge is 0.322 e. The van der Waals surface area contributed by atoms with Crippen molar-refractivity contribution in [3.05, 3.63) is 83.9 Å². The number of hydrogen-bond acceptors (Lipinski definition) is 3. The summed E-state index contributed by atoms with van der Waals surface area (Å²) in [5.41, 5.74) is 1.14. The van der Waals surface area contributed by atoms with E-state index in [0.29, 0.717) is 30.1 Å². The van der Waals surface area contributed by atoms with Crippen molar-refractivity contribution in [2.75, 3.05) is 25.5 Å². The van der Waals surface area contributed by atoms with Crippen LogP contribution in [0.2, 0.25) is 0 Å². The van der Waals surface area contributed by atoms with E-state index in [1.807, 2.05) is 49.7 Å². The van der Waals surface area contributed by atoms with E-state index in [9.17, 15) is 14.0 Å². The lowest BCUT2D eigenvalue weighted by molar-refractivity contribution is -0.135. The van der Waals surface area contributed by atoms with Crippen LogP contribution in [0, 0.1) is 5.82 Å². The fraction of sp³-hybridized carbons (Fsp3) is 0.333. The molecule has 4 rings (SSSR count). The van der Waals surface area contributed by atoms with E-state index >= 15 is 0 Å². The number of hydrogen-bond donors (Lipinski definition) is 1. The number of amides is 3. The lowest BCUT2D eigenvalue weighted by Gasteiger charge is -2.41. The average Bonchev–Trinajstić information content (AvgIpc) is 3.31. The van der Waals surface area contributed by atoms with Crippen molar-refractivity contribution in [3.63, 3.8) is 0 Å². The molecule has 8 heteroatoms. The quantitative estimate of drug-likeness (QED) is 0.567. The number of fused-ring (bicyclic) bond motifs is 1. The molecule has 1 aliphatic rings. The molecule has 7 nitrogen and oxygen atoms in total. The molecule has 2 heterocycles. The third kappa shape index (κ3) is 5.01. The fourth-order valence-electron chi connectivity index (χ4n) is 4.45. The molecule has 0 bridgehead atoms. The van der Waals surface area contributed by atoms with Crippen molar-refractivity contribution in [2.24, 2.45) is 0 Å². The van der Waals surface area contributed by atoms with Gasteiger partial charge in [-0.05, 0) is 51.1 Å². The first-order chi connectivity index (χ1) is 16.7. The van der Waals surface area contributed by atoms with Crippen molar-refractivity contribution in [3.8, 4) is 5.75 Å². The van der Waals surface area contributed by atoms with Gasteiger partial charge in [-0.15, -0.1) is 0 Å². The van der Waals surface area contributed by atoms with Crippen molar-refractivity contribution in [1.82, 2.24) is 14.4 Å². The zero-order valence-electron chi connectivity index (χ0n) is 20.5. The van der Waals surface area contributed by atoms with Gasteiger partial charge in [-0.1, -0.05) is 30.3 Å². The number of rotatable bonds is 5. The maximum Gasteiger partial charge on any atom is 0.322 e. The summed E-state index contributed by atoms with van der Waals surface area (Å²) in [6, 6.07) is 16.4. The molecule has 1 unspecified atom stereocenters. The number of anilines is 1. The van der Waals surface area contributed by atoms with Crippen LogP contribution in [0.1, 0.15) is 38.1 Å². The van der Waals surface area contributed by atoms with Crippen LogP contribution in [0.25, 0.3) is 0 Å². The number of ether oxygens (including phenoxy) is 1. The van der Waals surface area contributed by atoms with E-state index in [4.69, 9.17) is 4.74 Å². The minimum Gasteiger partial charge on any atom is -0.495 e. The second-order valence-corrected chi connectivity index (χ2v) is 9.53. The van der Waals surface area contributed by atoms with Gasteiger partial charge in [0.05, 0.1) is 12.8 Å². The molecule has 0 spiro atoms. The molecule has 35 heavy (non-hydrogen) atoms. The predicted octanol–water partition coefficient (Wildman–Crippen LogP) is 4.90. The molecule has 3 aromatic rings. The van der Waals surface area contributed by atoms with Crippen molar-refractivity contribution >= 4 is 17.6 Å².